The molecule has 2 rings (SSSR count). The molecular formula is C10H14N6. The van der Waals surface area contributed by atoms with E-state index >= 15 is 0 Å². The third-order valence-corrected chi connectivity index (χ3v) is 2.50. The van der Waals surface area contributed by atoms with Gasteiger partial charge in [0.25, 0.3) is 0 Å². The van der Waals surface area contributed by atoms with Gasteiger partial charge in [0.1, 0.15) is 17.3 Å². The van der Waals surface area contributed by atoms with Crippen molar-refractivity contribution in [3.63, 3.8) is 0 Å². The number of nitrogens with zero attached hydrogens (tertiary/aromatic N) is 5. The van der Waals surface area contributed by atoms with Crippen LogP contribution in [0.4, 0.5) is 5.82 Å². The highest BCUT2D eigenvalue weighted by Gasteiger charge is 2.13. The zero-order chi connectivity index (χ0) is 11.7. The third-order valence-electron chi connectivity index (χ3n) is 2.50. The minimum atomic E-state index is 0.517. The Labute approximate surface area is 93.5 Å². The van der Waals surface area contributed by atoms with E-state index in [9.17, 15) is 0 Å². The molecule has 0 atom stereocenters. The molecule has 0 radical (unpaired) electrons. The molecule has 84 valence electrons. The molecule has 0 aliphatic carbocycles. The lowest BCUT2D eigenvalue weighted by molar-refractivity contribution is 0.718. The van der Waals surface area contributed by atoms with Crippen LogP contribution in [0.1, 0.15) is 18.3 Å². The normalized spacial score (nSPS) is 10.7. The molecule has 0 bridgehead atoms. The Balaban J connectivity index is 2.64. The highest BCUT2D eigenvalue weighted by atomic mass is 15.4. The third kappa shape index (κ3) is 1.62. The van der Waals surface area contributed by atoms with Crippen molar-refractivity contribution in [2.24, 2.45) is 7.05 Å². The summed E-state index contributed by atoms with van der Waals surface area (Å²) in [5.74, 6) is 1.25. The van der Waals surface area contributed by atoms with Gasteiger partial charge in [0.15, 0.2) is 0 Å². The van der Waals surface area contributed by atoms with Gasteiger partial charge >= 0.3 is 0 Å². The molecule has 0 aromatic carbocycles. The zero-order valence-electron chi connectivity index (χ0n) is 9.60. The first-order chi connectivity index (χ1) is 7.63. The predicted octanol–water partition coefficient (Wildman–Crippen LogP) is 0.725. The topological polar surface area (TPSA) is 82.5 Å². The Morgan fingerprint density at radius 3 is 2.69 bits per heavy atom. The van der Waals surface area contributed by atoms with Gasteiger partial charge in [-0.25, -0.2) is 14.6 Å². The molecule has 0 fully saturated rings. The number of hydrogen-bond acceptors (Lipinski definition) is 5. The number of anilines is 1. The van der Waals surface area contributed by atoms with Gasteiger partial charge in [0.2, 0.25) is 0 Å². The summed E-state index contributed by atoms with van der Waals surface area (Å²) in [4.78, 5) is 8.67. The van der Waals surface area contributed by atoms with Crippen LogP contribution in [-0.4, -0.2) is 25.0 Å². The van der Waals surface area contributed by atoms with Crippen molar-refractivity contribution in [3.8, 4) is 11.4 Å². The fourth-order valence-corrected chi connectivity index (χ4v) is 1.49. The molecule has 0 aliphatic heterocycles. The van der Waals surface area contributed by atoms with Gasteiger partial charge < -0.3 is 5.73 Å². The molecule has 2 N–H and O–H groups in total. The van der Waals surface area contributed by atoms with Crippen molar-refractivity contribution in [2.75, 3.05) is 5.73 Å². The van der Waals surface area contributed by atoms with Gasteiger partial charge in [-0.15, -0.1) is 5.10 Å². The average molecular weight is 218 g/mol. The van der Waals surface area contributed by atoms with Crippen molar-refractivity contribution in [1.29, 1.82) is 0 Å². The molecule has 0 unspecified atom stereocenters. The summed E-state index contributed by atoms with van der Waals surface area (Å²) in [7, 11) is 1.83. The Hall–Kier alpha value is -1.98. The van der Waals surface area contributed by atoms with E-state index in [-0.39, 0.29) is 0 Å². The van der Waals surface area contributed by atoms with Crippen molar-refractivity contribution < 1.29 is 0 Å². The van der Waals surface area contributed by atoms with Crippen LogP contribution >= 0.6 is 0 Å². The number of aryl methyl sites for hydroxylation is 2. The lowest BCUT2D eigenvalue weighted by Crippen LogP contribution is -2.06. The second kappa shape index (κ2) is 3.88. The molecule has 6 nitrogen and oxygen atoms in total. The van der Waals surface area contributed by atoms with Gasteiger partial charge in [0.05, 0.1) is 11.9 Å². The quantitative estimate of drug-likeness (QED) is 0.803. The molecule has 6 heteroatoms. The zero-order valence-corrected chi connectivity index (χ0v) is 9.60. The van der Waals surface area contributed by atoms with Gasteiger partial charge in [0, 0.05) is 19.0 Å². The summed E-state index contributed by atoms with van der Waals surface area (Å²) in [6.45, 7) is 3.90. The Morgan fingerprint density at radius 1 is 1.38 bits per heavy atom. The minimum Gasteiger partial charge on any atom is -0.383 e. The molecule has 0 saturated heterocycles. The van der Waals surface area contributed by atoms with Crippen molar-refractivity contribution in [2.45, 2.75) is 20.3 Å². The van der Waals surface area contributed by atoms with Crippen LogP contribution in [0.2, 0.25) is 0 Å². The van der Waals surface area contributed by atoms with E-state index in [0.29, 0.717) is 5.82 Å². The summed E-state index contributed by atoms with van der Waals surface area (Å²) >= 11 is 0. The monoisotopic (exact) mass is 218 g/mol. The smallest absolute Gasteiger partial charge is 0.131 e. The Bertz CT molecular complexity index is 516. The van der Waals surface area contributed by atoms with Gasteiger partial charge in [-0.3, -0.25) is 0 Å². The first-order valence-electron chi connectivity index (χ1n) is 5.11. The van der Waals surface area contributed by atoms with Crippen molar-refractivity contribution >= 4 is 5.82 Å². The average Bonchev–Trinajstić information content (AvgIpc) is 2.68. The summed E-state index contributed by atoms with van der Waals surface area (Å²) in [6, 6.07) is 0. The molecule has 0 aliphatic rings. The van der Waals surface area contributed by atoms with Crippen LogP contribution in [0.25, 0.3) is 11.4 Å². The molecule has 0 saturated carbocycles. The second-order valence-corrected chi connectivity index (χ2v) is 3.60. The van der Waals surface area contributed by atoms with E-state index < -0.39 is 0 Å². The van der Waals surface area contributed by atoms with E-state index in [4.69, 9.17) is 5.73 Å². The second-order valence-electron chi connectivity index (χ2n) is 3.60. The fourth-order valence-electron chi connectivity index (χ4n) is 1.49. The maximum absolute atomic E-state index is 5.85. The molecule has 2 aromatic rings. The number of aromatic nitrogens is 5. The van der Waals surface area contributed by atoms with E-state index in [2.05, 4.69) is 20.3 Å². The summed E-state index contributed by atoms with van der Waals surface area (Å²) in [5, 5.41) is 7.72. The first-order valence-corrected chi connectivity index (χ1v) is 5.11. The first kappa shape index (κ1) is 10.5. The van der Waals surface area contributed by atoms with Crippen LogP contribution in [0.15, 0.2) is 6.20 Å². The standard InChI is InChI=1S/C10H14N6/c1-4-8-13-9(6(2)10(11)14-8)7-5-12-15-16(7)3/h5H,4H2,1-3H3,(H2,11,13,14). The number of hydrogen-bond donors (Lipinski definition) is 1. The van der Waals surface area contributed by atoms with E-state index in [0.717, 1.165) is 29.2 Å². The van der Waals surface area contributed by atoms with Gasteiger partial charge in [-0.05, 0) is 6.92 Å². The van der Waals surface area contributed by atoms with Gasteiger partial charge in [-0.1, -0.05) is 12.1 Å². The van der Waals surface area contributed by atoms with Crippen LogP contribution in [0.3, 0.4) is 0 Å². The molecular weight excluding hydrogens is 204 g/mol. The van der Waals surface area contributed by atoms with E-state index in [1.165, 1.54) is 0 Å². The maximum Gasteiger partial charge on any atom is 0.131 e. The van der Waals surface area contributed by atoms with Crippen LogP contribution in [0, 0.1) is 6.92 Å². The highest BCUT2D eigenvalue weighted by Crippen LogP contribution is 2.22. The van der Waals surface area contributed by atoms with Crippen LogP contribution < -0.4 is 5.73 Å². The molecule has 2 aromatic heterocycles. The predicted molar refractivity (Wildman–Crippen MR) is 60.6 cm³/mol. The van der Waals surface area contributed by atoms with Crippen LogP contribution in [-0.2, 0) is 13.5 Å². The Morgan fingerprint density at radius 2 is 2.12 bits per heavy atom. The van der Waals surface area contributed by atoms with E-state index in [1.54, 1.807) is 10.9 Å². The molecule has 2 heterocycles. The van der Waals surface area contributed by atoms with Crippen molar-refractivity contribution in [3.05, 3.63) is 17.6 Å². The lowest BCUT2D eigenvalue weighted by Gasteiger charge is -2.08. The fraction of sp³-hybridized carbons (Fsp3) is 0.400. The van der Waals surface area contributed by atoms with Crippen molar-refractivity contribution in [1.82, 2.24) is 25.0 Å². The maximum atomic E-state index is 5.85. The summed E-state index contributed by atoms with van der Waals surface area (Å²) in [6.07, 6.45) is 2.43. The highest BCUT2D eigenvalue weighted by molar-refractivity contribution is 5.63. The van der Waals surface area contributed by atoms with E-state index in [1.807, 2.05) is 20.9 Å². The SMILES string of the molecule is CCc1nc(N)c(C)c(-c2cnnn2C)n1. The Kier molecular flexibility index (Phi) is 2.55. The molecule has 16 heavy (non-hydrogen) atoms. The number of rotatable bonds is 2. The summed E-state index contributed by atoms with van der Waals surface area (Å²) < 4.78 is 1.67. The summed E-state index contributed by atoms with van der Waals surface area (Å²) in [5.41, 5.74) is 8.37. The number of nitrogen functional groups attached to an aromatic ring is 1. The lowest BCUT2D eigenvalue weighted by atomic mass is 10.2. The largest absolute Gasteiger partial charge is 0.383 e. The number of nitrogens with two attached hydrogens (primary N) is 1. The van der Waals surface area contributed by atoms with Crippen LogP contribution in [0.5, 0.6) is 0 Å². The molecule has 0 amide bonds. The minimum absolute atomic E-state index is 0.517. The molecule has 0 spiro atoms. The van der Waals surface area contributed by atoms with Gasteiger partial charge in [-0.2, -0.15) is 0 Å².